The molecule has 0 amide bonds. The first kappa shape index (κ1) is 15.2. The Hall–Kier alpha value is -1.18. The molecule has 0 unspecified atom stereocenters. The van der Waals surface area contributed by atoms with Gasteiger partial charge < -0.3 is 9.30 Å². The summed E-state index contributed by atoms with van der Waals surface area (Å²) in [6.07, 6.45) is 4.40. The van der Waals surface area contributed by atoms with Crippen molar-refractivity contribution in [2.24, 2.45) is 0 Å². The summed E-state index contributed by atoms with van der Waals surface area (Å²) >= 11 is 0. The molecule has 1 aromatic heterocycles. The quantitative estimate of drug-likeness (QED) is 0.819. The fourth-order valence-electron chi connectivity index (χ4n) is 2.19. The molecule has 0 aliphatic carbocycles. The predicted octanol–water partition coefficient (Wildman–Crippen LogP) is 0.668. The minimum absolute atomic E-state index is 0.0150. The third-order valence-electron chi connectivity index (χ3n) is 3.41. The minimum Gasteiger partial charge on any atom is -0.376 e. The largest absolute Gasteiger partial charge is 0.376 e. The third-order valence-corrected chi connectivity index (χ3v) is 5.21. The summed E-state index contributed by atoms with van der Waals surface area (Å²) in [4.78, 5) is 12.0. The Bertz CT molecular complexity index is 616. The van der Waals surface area contributed by atoms with Gasteiger partial charge in [0.15, 0.2) is 0 Å². The second-order valence-electron chi connectivity index (χ2n) is 5.13. The van der Waals surface area contributed by atoms with Gasteiger partial charge in [-0.05, 0) is 25.3 Å². The van der Waals surface area contributed by atoms with Crippen LogP contribution in [0.3, 0.4) is 0 Å². The van der Waals surface area contributed by atoms with Gasteiger partial charge in [0.05, 0.1) is 17.5 Å². The first-order valence-corrected chi connectivity index (χ1v) is 8.10. The van der Waals surface area contributed by atoms with E-state index < -0.39 is 10.0 Å². The van der Waals surface area contributed by atoms with Gasteiger partial charge in [0, 0.05) is 33.0 Å². The molecule has 0 bridgehead atoms. The van der Waals surface area contributed by atoms with Crippen LogP contribution >= 0.6 is 0 Å². The zero-order valence-electron chi connectivity index (χ0n) is 11.8. The predicted molar refractivity (Wildman–Crippen MR) is 75.2 cm³/mol. The smallest absolute Gasteiger partial charge is 0.250 e. The van der Waals surface area contributed by atoms with Crippen molar-refractivity contribution in [1.29, 1.82) is 0 Å². The molecule has 0 spiro atoms. The number of sulfonamides is 1. The molecular weight excluding hydrogens is 280 g/mol. The molecule has 0 radical (unpaired) electrons. The van der Waals surface area contributed by atoms with Gasteiger partial charge in [0.25, 0.3) is 5.56 Å². The Labute approximate surface area is 119 Å². The molecule has 7 heteroatoms. The van der Waals surface area contributed by atoms with Gasteiger partial charge in [-0.1, -0.05) is 0 Å². The number of hydrogen-bond donors (Lipinski definition) is 0. The SMILES string of the molecule is CN(C)S(=O)(=O)c1ccc(=O)n(C[C@H]2CCCCO2)c1. The highest BCUT2D eigenvalue weighted by atomic mass is 32.2. The van der Waals surface area contributed by atoms with Crippen LogP contribution in [0.4, 0.5) is 0 Å². The molecule has 1 aliphatic heterocycles. The lowest BCUT2D eigenvalue weighted by molar-refractivity contribution is 0.00531. The van der Waals surface area contributed by atoms with E-state index in [0.29, 0.717) is 13.2 Å². The van der Waals surface area contributed by atoms with Crippen LogP contribution < -0.4 is 5.56 Å². The van der Waals surface area contributed by atoms with E-state index in [1.165, 1.54) is 37.0 Å². The average molecular weight is 300 g/mol. The second-order valence-corrected chi connectivity index (χ2v) is 7.28. The zero-order valence-corrected chi connectivity index (χ0v) is 12.6. The molecule has 1 aliphatic rings. The second kappa shape index (κ2) is 6.07. The highest BCUT2D eigenvalue weighted by Crippen LogP contribution is 2.15. The van der Waals surface area contributed by atoms with Crippen molar-refractivity contribution < 1.29 is 13.2 Å². The molecule has 1 fully saturated rings. The Morgan fingerprint density at radius 1 is 1.35 bits per heavy atom. The summed E-state index contributed by atoms with van der Waals surface area (Å²) < 4.78 is 32.3. The minimum atomic E-state index is -3.52. The Morgan fingerprint density at radius 2 is 2.10 bits per heavy atom. The molecule has 2 heterocycles. The Kier molecular flexibility index (Phi) is 4.62. The van der Waals surface area contributed by atoms with Gasteiger partial charge in [-0.2, -0.15) is 0 Å². The van der Waals surface area contributed by atoms with Gasteiger partial charge in [-0.3, -0.25) is 4.79 Å². The van der Waals surface area contributed by atoms with Crippen LogP contribution in [0.2, 0.25) is 0 Å². The maximum atomic E-state index is 12.1. The lowest BCUT2D eigenvalue weighted by Crippen LogP contribution is -2.31. The molecule has 112 valence electrons. The topological polar surface area (TPSA) is 68.6 Å². The summed E-state index contributed by atoms with van der Waals surface area (Å²) in [5, 5.41) is 0. The fourth-order valence-corrected chi connectivity index (χ4v) is 3.11. The fraction of sp³-hybridized carbons (Fsp3) is 0.615. The Balaban J connectivity index is 2.27. The van der Waals surface area contributed by atoms with Gasteiger partial charge in [0.2, 0.25) is 10.0 Å². The third kappa shape index (κ3) is 3.28. The van der Waals surface area contributed by atoms with Crippen molar-refractivity contribution in [3.05, 3.63) is 28.7 Å². The first-order chi connectivity index (χ1) is 9.41. The number of ether oxygens (including phenoxy) is 1. The molecule has 1 aromatic rings. The molecular formula is C13H20N2O4S. The van der Waals surface area contributed by atoms with Crippen LogP contribution in [0.25, 0.3) is 0 Å². The van der Waals surface area contributed by atoms with Crippen LogP contribution in [0.15, 0.2) is 28.0 Å². The van der Waals surface area contributed by atoms with Crippen LogP contribution in [-0.2, 0) is 21.3 Å². The van der Waals surface area contributed by atoms with Crippen molar-refractivity contribution in [3.8, 4) is 0 Å². The van der Waals surface area contributed by atoms with E-state index in [1.54, 1.807) is 0 Å². The zero-order chi connectivity index (χ0) is 14.8. The van der Waals surface area contributed by atoms with Crippen molar-refractivity contribution in [2.75, 3.05) is 20.7 Å². The number of rotatable bonds is 4. The van der Waals surface area contributed by atoms with Crippen LogP contribution in [0.5, 0.6) is 0 Å². The number of aromatic nitrogens is 1. The highest BCUT2D eigenvalue weighted by molar-refractivity contribution is 7.89. The molecule has 2 rings (SSSR count). The van der Waals surface area contributed by atoms with E-state index in [9.17, 15) is 13.2 Å². The van der Waals surface area contributed by atoms with E-state index in [0.717, 1.165) is 23.6 Å². The summed E-state index contributed by atoms with van der Waals surface area (Å²) in [7, 11) is -0.590. The van der Waals surface area contributed by atoms with Gasteiger partial charge in [-0.25, -0.2) is 12.7 Å². The van der Waals surface area contributed by atoms with Crippen LogP contribution in [0.1, 0.15) is 19.3 Å². The average Bonchev–Trinajstić information content (AvgIpc) is 2.42. The van der Waals surface area contributed by atoms with E-state index >= 15 is 0 Å². The standard InChI is InChI=1S/C13H20N2O4S/c1-14(2)20(17,18)12-6-7-13(16)15(10-12)9-11-5-3-4-8-19-11/h6-7,10-11H,3-5,8-9H2,1-2H3/t11-/m1/s1. The molecule has 1 atom stereocenters. The van der Waals surface area contributed by atoms with E-state index in [-0.39, 0.29) is 16.6 Å². The molecule has 6 nitrogen and oxygen atoms in total. The monoisotopic (exact) mass is 300 g/mol. The van der Waals surface area contributed by atoms with Crippen molar-refractivity contribution in [2.45, 2.75) is 36.8 Å². The van der Waals surface area contributed by atoms with Crippen LogP contribution in [-0.4, -0.2) is 44.1 Å². The van der Waals surface area contributed by atoms with E-state index in [1.807, 2.05) is 0 Å². The molecule has 0 saturated carbocycles. The van der Waals surface area contributed by atoms with Crippen molar-refractivity contribution in [3.63, 3.8) is 0 Å². The number of hydrogen-bond acceptors (Lipinski definition) is 4. The number of pyridine rings is 1. The maximum Gasteiger partial charge on any atom is 0.250 e. The van der Waals surface area contributed by atoms with Crippen LogP contribution in [0, 0.1) is 0 Å². The van der Waals surface area contributed by atoms with Gasteiger partial charge >= 0.3 is 0 Å². The summed E-state index contributed by atoms with van der Waals surface area (Å²) in [6, 6.07) is 2.63. The first-order valence-electron chi connectivity index (χ1n) is 6.66. The molecule has 0 N–H and O–H groups in total. The van der Waals surface area contributed by atoms with E-state index in [4.69, 9.17) is 4.74 Å². The van der Waals surface area contributed by atoms with E-state index in [2.05, 4.69) is 0 Å². The van der Waals surface area contributed by atoms with Crippen molar-refractivity contribution in [1.82, 2.24) is 8.87 Å². The lowest BCUT2D eigenvalue weighted by Gasteiger charge is -2.23. The Morgan fingerprint density at radius 3 is 2.70 bits per heavy atom. The number of nitrogens with zero attached hydrogens (tertiary/aromatic N) is 2. The normalized spacial score (nSPS) is 20.2. The summed E-state index contributed by atoms with van der Waals surface area (Å²) in [5.41, 5.74) is -0.211. The highest BCUT2D eigenvalue weighted by Gasteiger charge is 2.20. The van der Waals surface area contributed by atoms with Gasteiger partial charge in [-0.15, -0.1) is 0 Å². The molecule has 1 saturated heterocycles. The summed E-state index contributed by atoms with van der Waals surface area (Å²) in [6.45, 7) is 1.10. The molecule has 20 heavy (non-hydrogen) atoms. The maximum absolute atomic E-state index is 12.1. The lowest BCUT2D eigenvalue weighted by atomic mass is 10.1. The van der Waals surface area contributed by atoms with Crippen molar-refractivity contribution >= 4 is 10.0 Å². The molecule has 0 aromatic carbocycles. The van der Waals surface area contributed by atoms with Gasteiger partial charge in [0.1, 0.15) is 0 Å². The summed E-state index contributed by atoms with van der Waals surface area (Å²) in [5.74, 6) is 0.